The first-order valence-corrected chi connectivity index (χ1v) is 7.97. The first-order valence-electron chi connectivity index (χ1n) is 7.97. The van der Waals surface area contributed by atoms with Crippen molar-refractivity contribution in [2.75, 3.05) is 13.1 Å². The van der Waals surface area contributed by atoms with Gasteiger partial charge in [-0.05, 0) is 62.4 Å². The molecule has 1 saturated carbocycles. The molecule has 3 rings (SSSR count). The highest BCUT2D eigenvalue weighted by Crippen LogP contribution is 2.30. The number of piperidine rings is 1. The molecular weight excluding hydrogens is 303 g/mol. The van der Waals surface area contributed by atoms with Crippen LogP contribution in [0.1, 0.15) is 37.7 Å². The van der Waals surface area contributed by atoms with Gasteiger partial charge in [-0.1, -0.05) is 12.1 Å². The predicted octanol–water partition coefficient (Wildman–Crippen LogP) is 3.13. The monoisotopic (exact) mass is 326 g/mol. The standard InChI is InChI=1S/C17H23FN2O.ClH/c18-15-3-1-2-14(10-15)12-20(16-4-5-16)17(21)11-13-6-8-19-9-7-13;/h1-3,10,13,16,19H,4-9,11-12H2;1H. The number of nitrogens with zero attached hydrogens (tertiary/aromatic N) is 1. The number of rotatable bonds is 5. The Morgan fingerprint density at radius 1 is 1.23 bits per heavy atom. The number of halogens is 2. The van der Waals surface area contributed by atoms with Gasteiger partial charge < -0.3 is 10.2 Å². The maximum Gasteiger partial charge on any atom is 0.223 e. The van der Waals surface area contributed by atoms with Crippen LogP contribution in [-0.4, -0.2) is 29.9 Å². The van der Waals surface area contributed by atoms with Gasteiger partial charge in [-0.2, -0.15) is 0 Å². The summed E-state index contributed by atoms with van der Waals surface area (Å²) in [5, 5.41) is 3.33. The lowest BCUT2D eigenvalue weighted by Crippen LogP contribution is -2.36. The Kier molecular flexibility index (Phi) is 6.21. The quantitative estimate of drug-likeness (QED) is 0.901. The summed E-state index contributed by atoms with van der Waals surface area (Å²) in [5.41, 5.74) is 0.889. The Morgan fingerprint density at radius 2 is 1.95 bits per heavy atom. The van der Waals surface area contributed by atoms with Gasteiger partial charge in [0.25, 0.3) is 0 Å². The van der Waals surface area contributed by atoms with Crippen molar-refractivity contribution in [3.05, 3.63) is 35.6 Å². The minimum absolute atomic E-state index is 0. The van der Waals surface area contributed by atoms with E-state index in [0.717, 1.165) is 44.3 Å². The summed E-state index contributed by atoms with van der Waals surface area (Å²) in [6, 6.07) is 6.97. The average molecular weight is 327 g/mol. The second-order valence-electron chi connectivity index (χ2n) is 6.28. The summed E-state index contributed by atoms with van der Waals surface area (Å²) in [5.74, 6) is 0.523. The average Bonchev–Trinajstić information content (AvgIpc) is 3.30. The predicted molar refractivity (Wildman–Crippen MR) is 87.4 cm³/mol. The molecule has 1 saturated heterocycles. The lowest BCUT2D eigenvalue weighted by molar-refractivity contribution is -0.133. The fourth-order valence-corrected chi connectivity index (χ4v) is 3.09. The summed E-state index contributed by atoms with van der Waals surface area (Å²) in [6.07, 6.45) is 5.00. The Morgan fingerprint density at radius 3 is 2.59 bits per heavy atom. The van der Waals surface area contributed by atoms with E-state index in [-0.39, 0.29) is 24.1 Å². The topological polar surface area (TPSA) is 32.3 Å². The molecule has 1 aliphatic heterocycles. The number of carbonyl (C=O) groups is 1. The van der Waals surface area contributed by atoms with Crippen LogP contribution in [0.5, 0.6) is 0 Å². The van der Waals surface area contributed by atoms with Crippen molar-refractivity contribution in [2.45, 2.75) is 44.7 Å². The summed E-state index contributed by atoms with van der Waals surface area (Å²) in [6.45, 7) is 2.59. The molecule has 0 spiro atoms. The third kappa shape index (κ3) is 4.68. The van der Waals surface area contributed by atoms with Gasteiger partial charge in [0.2, 0.25) is 5.91 Å². The minimum atomic E-state index is -0.228. The van der Waals surface area contributed by atoms with E-state index in [9.17, 15) is 9.18 Å². The normalized spacial score (nSPS) is 18.6. The lowest BCUT2D eigenvalue weighted by Gasteiger charge is -2.27. The second-order valence-corrected chi connectivity index (χ2v) is 6.28. The molecule has 0 bridgehead atoms. The first-order chi connectivity index (χ1) is 10.2. The lowest BCUT2D eigenvalue weighted by atomic mass is 9.94. The van der Waals surface area contributed by atoms with E-state index < -0.39 is 0 Å². The van der Waals surface area contributed by atoms with Crippen LogP contribution in [0.25, 0.3) is 0 Å². The van der Waals surface area contributed by atoms with E-state index in [4.69, 9.17) is 0 Å². The molecule has 1 N–H and O–H groups in total. The zero-order chi connectivity index (χ0) is 14.7. The van der Waals surface area contributed by atoms with Crippen molar-refractivity contribution in [2.24, 2.45) is 5.92 Å². The highest BCUT2D eigenvalue weighted by molar-refractivity contribution is 5.85. The van der Waals surface area contributed by atoms with Crippen molar-refractivity contribution in [3.8, 4) is 0 Å². The zero-order valence-electron chi connectivity index (χ0n) is 12.8. The third-order valence-electron chi connectivity index (χ3n) is 4.47. The maximum atomic E-state index is 13.3. The molecule has 2 fully saturated rings. The highest BCUT2D eigenvalue weighted by Gasteiger charge is 2.33. The smallest absolute Gasteiger partial charge is 0.223 e. The van der Waals surface area contributed by atoms with Gasteiger partial charge >= 0.3 is 0 Å². The Labute approximate surface area is 137 Å². The SMILES string of the molecule is Cl.O=C(CC1CCNCC1)N(Cc1cccc(F)c1)C1CC1. The number of hydrogen-bond donors (Lipinski definition) is 1. The first kappa shape index (κ1) is 17.2. The van der Waals surface area contributed by atoms with Gasteiger partial charge in [0.1, 0.15) is 5.82 Å². The van der Waals surface area contributed by atoms with Crippen LogP contribution in [0, 0.1) is 11.7 Å². The van der Waals surface area contributed by atoms with Crippen LogP contribution in [0.3, 0.4) is 0 Å². The van der Waals surface area contributed by atoms with Crippen LogP contribution in [0.2, 0.25) is 0 Å². The van der Waals surface area contributed by atoms with Gasteiger partial charge in [0, 0.05) is 19.0 Å². The summed E-state index contributed by atoms with van der Waals surface area (Å²) >= 11 is 0. The number of amides is 1. The van der Waals surface area contributed by atoms with Crippen molar-refractivity contribution in [3.63, 3.8) is 0 Å². The largest absolute Gasteiger partial charge is 0.335 e. The zero-order valence-corrected chi connectivity index (χ0v) is 13.6. The maximum absolute atomic E-state index is 13.3. The van der Waals surface area contributed by atoms with Crippen molar-refractivity contribution >= 4 is 18.3 Å². The molecule has 2 aliphatic rings. The van der Waals surface area contributed by atoms with Gasteiger partial charge in [0.15, 0.2) is 0 Å². The van der Waals surface area contributed by atoms with Gasteiger partial charge in [-0.15, -0.1) is 12.4 Å². The molecule has 0 atom stereocenters. The Balaban J connectivity index is 0.00000176. The van der Waals surface area contributed by atoms with E-state index in [0.29, 0.717) is 24.9 Å². The van der Waals surface area contributed by atoms with E-state index in [1.807, 2.05) is 11.0 Å². The molecule has 5 heteroatoms. The second kappa shape index (κ2) is 7.93. The van der Waals surface area contributed by atoms with Crippen LogP contribution in [0.4, 0.5) is 4.39 Å². The van der Waals surface area contributed by atoms with Gasteiger partial charge in [0.05, 0.1) is 0 Å². The van der Waals surface area contributed by atoms with Crippen molar-refractivity contribution in [1.29, 1.82) is 0 Å². The number of benzene rings is 1. The van der Waals surface area contributed by atoms with Crippen LogP contribution in [0.15, 0.2) is 24.3 Å². The number of carbonyl (C=O) groups excluding carboxylic acids is 1. The van der Waals surface area contributed by atoms with E-state index in [1.165, 1.54) is 12.1 Å². The summed E-state index contributed by atoms with van der Waals surface area (Å²) < 4.78 is 13.3. The molecule has 1 aromatic carbocycles. The van der Waals surface area contributed by atoms with Crippen molar-refractivity contribution in [1.82, 2.24) is 10.2 Å². The minimum Gasteiger partial charge on any atom is -0.335 e. The fourth-order valence-electron chi connectivity index (χ4n) is 3.09. The molecule has 0 aromatic heterocycles. The number of hydrogen-bond acceptors (Lipinski definition) is 2. The van der Waals surface area contributed by atoms with Gasteiger partial charge in [-0.3, -0.25) is 4.79 Å². The van der Waals surface area contributed by atoms with Crippen LogP contribution in [-0.2, 0) is 11.3 Å². The van der Waals surface area contributed by atoms with Crippen molar-refractivity contribution < 1.29 is 9.18 Å². The molecule has 0 unspecified atom stereocenters. The summed E-state index contributed by atoms with van der Waals surface area (Å²) in [4.78, 5) is 14.6. The molecule has 1 aliphatic carbocycles. The Hall–Kier alpha value is -1.13. The van der Waals surface area contributed by atoms with Crippen LogP contribution < -0.4 is 5.32 Å². The molecule has 3 nitrogen and oxygen atoms in total. The van der Waals surface area contributed by atoms with Gasteiger partial charge in [-0.25, -0.2) is 4.39 Å². The molecule has 1 heterocycles. The molecule has 0 radical (unpaired) electrons. The Bertz CT molecular complexity index is 501. The number of nitrogens with one attached hydrogen (secondary N) is 1. The van der Waals surface area contributed by atoms with E-state index in [2.05, 4.69) is 5.32 Å². The highest BCUT2D eigenvalue weighted by atomic mass is 35.5. The molecule has 122 valence electrons. The van der Waals surface area contributed by atoms with Crippen LogP contribution >= 0.6 is 12.4 Å². The van der Waals surface area contributed by atoms with E-state index in [1.54, 1.807) is 6.07 Å². The summed E-state index contributed by atoms with van der Waals surface area (Å²) in [7, 11) is 0. The molecule has 22 heavy (non-hydrogen) atoms. The van der Waals surface area contributed by atoms with E-state index >= 15 is 0 Å². The molecule has 1 amide bonds. The fraction of sp³-hybridized carbons (Fsp3) is 0.588. The molecular formula is C17H24ClFN2O. The molecule has 1 aromatic rings. The third-order valence-corrected chi connectivity index (χ3v) is 4.47.